The van der Waals surface area contributed by atoms with E-state index in [1.165, 1.54) is 25.0 Å². The van der Waals surface area contributed by atoms with Crippen molar-refractivity contribution < 1.29 is 45.0 Å². The number of rotatable bonds is 6. The lowest BCUT2D eigenvalue weighted by atomic mass is 9.43. The lowest BCUT2D eigenvalue weighted by Crippen LogP contribution is -2.65. The Bertz CT molecular complexity index is 1500. The molecule has 8 fully saturated rings. The van der Waals surface area contributed by atoms with E-state index < -0.39 is 35.9 Å². The molecule has 6 saturated carbocycles. The van der Waals surface area contributed by atoms with Crippen LogP contribution in [0, 0.1) is 34.5 Å². The first-order valence-electron chi connectivity index (χ1n) is 18.7. The second-order valence-corrected chi connectivity index (χ2v) is 18.5. The first-order chi connectivity index (χ1) is 24.0. The van der Waals surface area contributed by atoms with Crippen molar-refractivity contribution in [1.29, 1.82) is 0 Å². The molecule has 4 bridgehead atoms. The van der Waals surface area contributed by atoms with Crippen LogP contribution in [0.2, 0.25) is 5.82 Å². The first kappa shape index (κ1) is 38.6. The fraction of sp³-hybridized carbons (Fsp3) is 0.692. The van der Waals surface area contributed by atoms with Crippen LogP contribution >= 0.6 is 11.6 Å². The van der Waals surface area contributed by atoms with Crippen molar-refractivity contribution >= 4 is 25.8 Å². The van der Waals surface area contributed by atoms with Gasteiger partial charge in [0.25, 0.3) is 0 Å². The molecule has 4 nitrogen and oxygen atoms in total. The van der Waals surface area contributed by atoms with Crippen LogP contribution in [0.15, 0.2) is 48.5 Å². The van der Waals surface area contributed by atoms with Crippen LogP contribution in [0.25, 0.3) is 0 Å². The predicted molar refractivity (Wildman–Crippen MR) is 190 cm³/mol. The molecular formula is C39H49B2ClF6O4. The molecule has 13 heteroatoms. The third-order valence-corrected chi connectivity index (χ3v) is 14.6. The summed E-state index contributed by atoms with van der Waals surface area (Å²) in [4.78, 5) is 0. The number of hydrogen-bond donors (Lipinski definition) is 0. The molecular weight excluding hydrogens is 703 g/mol. The Labute approximate surface area is 309 Å². The van der Waals surface area contributed by atoms with Crippen molar-refractivity contribution in [1.82, 2.24) is 0 Å². The Morgan fingerprint density at radius 1 is 0.635 bits per heavy atom. The summed E-state index contributed by atoms with van der Waals surface area (Å²) in [5.41, 5.74) is 0.369. The Balaban J connectivity index is 0.000000162. The van der Waals surface area contributed by atoms with Crippen LogP contribution in [0.1, 0.15) is 96.4 Å². The van der Waals surface area contributed by atoms with Crippen molar-refractivity contribution in [2.45, 2.75) is 134 Å². The molecule has 0 radical (unpaired) electrons. The summed E-state index contributed by atoms with van der Waals surface area (Å²) in [5.74, 6) is 2.44. The van der Waals surface area contributed by atoms with Gasteiger partial charge in [0.05, 0.1) is 39.8 Å². The molecule has 0 amide bonds. The van der Waals surface area contributed by atoms with Crippen molar-refractivity contribution in [3.63, 3.8) is 0 Å². The van der Waals surface area contributed by atoms with Crippen molar-refractivity contribution in [2.24, 2.45) is 34.5 Å². The second-order valence-electron chi connectivity index (χ2n) is 18.0. The van der Waals surface area contributed by atoms with Gasteiger partial charge in [-0.15, -0.1) is 11.6 Å². The molecule has 284 valence electrons. The highest BCUT2D eigenvalue weighted by Crippen LogP contribution is 2.67. The van der Waals surface area contributed by atoms with E-state index in [4.69, 9.17) is 30.2 Å². The summed E-state index contributed by atoms with van der Waals surface area (Å²) in [6.45, 7) is 15.6. The first-order valence-corrected chi connectivity index (χ1v) is 19.1. The minimum atomic E-state index is -4.32. The number of benzene rings is 2. The van der Waals surface area contributed by atoms with Crippen molar-refractivity contribution in [2.75, 3.05) is 0 Å². The molecule has 2 aromatic carbocycles. The fourth-order valence-corrected chi connectivity index (χ4v) is 10.9. The van der Waals surface area contributed by atoms with Gasteiger partial charge in [0, 0.05) is 0 Å². The number of alkyl halides is 7. The molecule has 0 aromatic heterocycles. The zero-order valence-electron chi connectivity index (χ0n) is 30.9. The Kier molecular flexibility index (Phi) is 9.58. The van der Waals surface area contributed by atoms with Crippen LogP contribution in [-0.4, -0.2) is 42.9 Å². The van der Waals surface area contributed by atoms with Crippen LogP contribution in [0.5, 0.6) is 0 Å². The molecule has 0 N–H and O–H groups in total. The van der Waals surface area contributed by atoms with Gasteiger partial charge in [0.2, 0.25) is 0 Å². The van der Waals surface area contributed by atoms with Gasteiger partial charge in [0.15, 0.2) is 0 Å². The minimum Gasteiger partial charge on any atom is -0.405 e. The van der Waals surface area contributed by atoms with Crippen molar-refractivity contribution in [3.8, 4) is 0 Å². The minimum absolute atomic E-state index is 0.0538. The van der Waals surface area contributed by atoms with E-state index in [1.807, 2.05) is 0 Å². The van der Waals surface area contributed by atoms with Gasteiger partial charge in [-0.3, -0.25) is 0 Å². The molecule has 2 heterocycles. The molecule has 52 heavy (non-hydrogen) atoms. The van der Waals surface area contributed by atoms with E-state index in [-0.39, 0.29) is 41.8 Å². The summed E-state index contributed by atoms with van der Waals surface area (Å²) in [6, 6.07) is 10.5. The molecule has 10 rings (SSSR count). The Hall–Kier alpha value is -1.72. The predicted octanol–water partition coefficient (Wildman–Crippen LogP) is 10.5. The molecule has 2 saturated heterocycles. The lowest BCUT2D eigenvalue weighted by Gasteiger charge is -2.64. The zero-order valence-corrected chi connectivity index (χ0v) is 31.7. The van der Waals surface area contributed by atoms with E-state index in [9.17, 15) is 26.3 Å². The topological polar surface area (TPSA) is 36.9 Å². The normalized spacial score (nSPS) is 36.4. The quantitative estimate of drug-likeness (QED) is 0.167. The summed E-state index contributed by atoms with van der Waals surface area (Å²) in [7, 11) is -0.813. The SMILES string of the molecule is CC1(C)[C@@H]2C[C@H]3OB([C@H](Cl)Cc4ccc(C(F)(F)F)cc4)O[C@@]3(C)[C@H]1C2.C[C@@H](Cc1ccc(C(F)(F)F)cc1)B1O[C@@H]2C[C@@H]3C[C@@H](C3(C)C)[C@]2(C)O1. The number of hydrogen-bond acceptors (Lipinski definition) is 4. The standard InChI is InChI=1S/C20H26BF3O2.C19H23BClF3O2/c1-12(9-13-5-7-14(8-6-13)20(22,23)24)21-25-17-11-15-10-16(18(15,2)3)19(17,4)26-21;1-17(2)13-9-14(17)18(3)15(10-13)25-20(26-18)16(21)8-11-4-6-12(7-5-11)19(22,23)24/h5-8,12,15-17H,9-11H2,1-4H3;4-7,13-16H,8-10H2,1-3H3/t12-,15-,16-,17+,19-;13-,14-,15+,16+,18-/m00/s1. The van der Waals surface area contributed by atoms with Gasteiger partial charge in [-0.1, -0.05) is 58.9 Å². The molecule has 0 spiro atoms. The van der Waals surface area contributed by atoms with Crippen molar-refractivity contribution in [3.05, 3.63) is 70.8 Å². The zero-order chi connectivity index (χ0) is 37.8. The average Bonchev–Trinajstić information content (AvgIpc) is 3.61. The molecule has 6 aliphatic carbocycles. The smallest absolute Gasteiger partial charge is 0.405 e. The average molecular weight is 753 g/mol. The highest BCUT2D eigenvalue weighted by Gasteiger charge is 2.69. The summed E-state index contributed by atoms with van der Waals surface area (Å²) < 4.78 is 101. The summed E-state index contributed by atoms with van der Waals surface area (Å²) >= 11 is 6.54. The maximum Gasteiger partial charge on any atom is 0.477 e. The monoisotopic (exact) mass is 752 g/mol. The van der Waals surface area contributed by atoms with Gasteiger partial charge < -0.3 is 18.6 Å². The second kappa shape index (κ2) is 12.9. The van der Waals surface area contributed by atoms with Gasteiger partial charge in [0.1, 0.15) is 0 Å². The van der Waals surface area contributed by atoms with Gasteiger partial charge >= 0.3 is 26.6 Å². The molecule has 2 aromatic rings. The fourth-order valence-electron chi connectivity index (χ4n) is 10.6. The largest absolute Gasteiger partial charge is 0.477 e. The third-order valence-electron chi connectivity index (χ3n) is 14.2. The van der Waals surface area contributed by atoms with E-state index in [0.717, 1.165) is 48.2 Å². The molecule has 2 aliphatic heterocycles. The van der Waals surface area contributed by atoms with E-state index in [2.05, 4.69) is 48.5 Å². The van der Waals surface area contributed by atoms with Crippen LogP contribution in [-0.2, 0) is 43.8 Å². The summed E-state index contributed by atoms with van der Waals surface area (Å²) in [6.07, 6.45) is -2.96. The van der Waals surface area contributed by atoms with Crippen LogP contribution < -0.4 is 0 Å². The van der Waals surface area contributed by atoms with Gasteiger partial charge in [-0.05, 0) is 128 Å². The van der Waals surface area contributed by atoms with Gasteiger partial charge in [-0.2, -0.15) is 26.3 Å². The molecule has 8 aliphatic rings. The van der Waals surface area contributed by atoms with Crippen LogP contribution in [0.3, 0.4) is 0 Å². The lowest BCUT2D eigenvalue weighted by molar-refractivity contribution is -0.199. The van der Waals surface area contributed by atoms with E-state index in [0.29, 0.717) is 41.9 Å². The van der Waals surface area contributed by atoms with E-state index >= 15 is 0 Å². The maximum absolute atomic E-state index is 12.7. The van der Waals surface area contributed by atoms with E-state index in [1.54, 1.807) is 12.1 Å². The summed E-state index contributed by atoms with van der Waals surface area (Å²) in [5, 5.41) is -0.436. The Morgan fingerprint density at radius 2 is 1.02 bits per heavy atom. The third kappa shape index (κ3) is 6.56. The van der Waals surface area contributed by atoms with Gasteiger partial charge in [-0.25, -0.2) is 0 Å². The Morgan fingerprint density at radius 3 is 1.42 bits per heavy atom. The van der Waals surface area contributed by atoms with Crippen LogP contribution in [0.4, 0.5) is 26.3 Å². The molecule has 10 atom stereocenters. The molecule has 0 unspecified atom stereocenters. The highest BCUT2D eigenvalue weighted by molar-refractivity contribution is 6.60. The highest BCUT2D eigenvalue weighted by atomic mass is 35.5. The number of halogens is 7. The maximum atomic E-state index is 12.7.